The van der Waals surface area contributed by atoms with Crippen LogP contribution in [0.3, 0.4) is 0 Å². The van der Waals surface area contributed by atoms with E-state index in [0.717, 1.165) is 51.6 Å². The highest BCUT2D eigenvalue weighted by Gasteiger charge is 2.46. The Bertz CT molecular complexity index is 351. The van der Waals surface area contributed by atoms with Gasteiger partial charge in [0.25, 0.3) is 0 Å². The number of rotatable bonds is 6. The van der Waals surface area contributed by atoms with Crippen molar-refractivity contribution in [2.75, 3.05) is 26.3 Å². The minimum atomic E-state index is -0.614. The molecule has 1 saturated heterocycles. The summed E-state index contributed by atoms with van der Waals surface area (Å²) in [6.07, 6.45) is 6.91. The van der Waals surface area contributed by atoms with Crippen LogP contribution in [0.5, 0.6) is 0 Å². The molecule has 114 valence electrons. The average Bonchev–Trinajstić information content (AvgIpc) is 2.45. The lowest BCUT2D eigenvalue weighted by Gasteiger charge is -2.44. The summed E-state index contributed by atoms with van der Waals surface area (Å²) >= 11 is 0. The maximum absolute atomic E-state index is 12.6. The number of carbonyl (C=O) groups excluding carboxylic acids is 2. The summed E-state index contributed by atoms with van der Waals surface area (Å²) < 4.78 is 5.51. The molecule has 0 aromatic heterocycles. The summed E-state index contributed by atoms with van der Waals surface area (Å²) in [5.74, 6) is 0.0657. The van der Waals surface area contributed by atoms with Crippen LogP contribution in [0.1, 0.15) is 51.9 Å². The van der Waals surface area contributed by atoms with Crippen molar-refractivity contribution in [3.63, 3.8) is 0 Å². The van der Waals surface area contributed by atoms with Crippen LogP contribution in [0.2, 0.25) is 0 Å². The van der Waals surface area contributed by atoms with Crippen molar-refractivity contribution in [3.05, 3.63) is 0 Å². The maximum atomic E-state index is 12.6. The minimum absolute atomic E-state index is 0.0277. The lowest BCUT2D eigenvalue weighted by molar-refractivity contribution is -0.152. The molecule has 0 aromatic carbocycles. The van der Waals surface area contributed by atoms with Gasteiger partial charge in [0.15, 0.2) is 0 Å². The molecule has 0 bridgehead atoms. The third-order valence-corrected chi connectivity index (χ3v) is 4.26. The van der Waals surface area contributed by atoms with Crippen molar-refractivity contribution >= 4 is 11.8 Å². The Balaban J connectivity index is 1.88. The molecule has 1 N–H and O–H groups in total. The second kappa shape index (κ2) is 7.07. The zero-order valence-electron chi connectivity index (χ0n) is 12.5. The number of amides is 2. The molecule has 2 rings (SSSR count). The first-order valence-electron chi connectivity index (χ1n) is 7.86. The van der Waals surface area contributed by atoms with Crippen LogP contribution >= 0.6 is 0 Å². The van der Waals surface area contributed by atoms with Gasteiger partial charge in [-0.25, -0.2) is 0 Å². The molecule has 1 spiro atoms. The lowest BCUT2D eigenvalue weighted by atomic mass is 9.79. The van der Waals surface area contributed by atoms with E-state index in [1.165, 1.54) is 0 Å². The molecule has 5 heteroatoms. The van der Waals surface area contributed by atoms with E-state index in [1.54, 1.807) is 4.90 Å². The predicted molar refractivity (Wildman–Crippen MR) is 76.3 cm³/mol. The van der Waals surface area contributed by atoms with Gasteiger partial charge in [-0.15, -0.1) is 0 Å². The van der Waals surface area contributed by atoms with E-state index >= 15 is 0 Å². The standard InChI is InChI=1S/C15H26N2O3/c1-2-3-10-20-11-9-17-12-13(18)16-15(14(17)19)7-5-4-6-8-15/h2-12H2,1H3,(H,16,18). The van der Waals surface area contributed by atoms with E-state index < -0.39 is 5.54 Å². The van der Waals surface area contributed by atoms with Gasteiger partial charge in [-0.05, 0) is 19.3 Å². The fraction of sp³-hybridized carbons (Fsp3) is 0.867. The van der Waals surface area contributed by atoms with Crippen LogP contribution in [0, 0.1) is 0 Å². The number of carbonyl (C=O) groups is 2. The minimum Gasteiger partial charge on any atom is -0.380 e. The van der Waals surface area contributed by atoms with Gasteiger partial charge in [0, 0.05) is 13.2 Å². The van der Waals surface area contributed by atoms with E-state index in [-0.39, 0.29) is 18.4 Å². The normalized spacial score (nSPS) is 22.1. The van der Waals surface area contributed by atoms with E-state index in [9.17, 15) is 9.59 Å². The smallest absolute Gasteiger partial charge is 0.248 e. The van der Waals surface area contributed by atoms with Crippen LogP contribution in [0.4, 0.5) is 0 Å². The van der Waals surface area contributed by atoms with Gasteiger partial charge in [0.1, 0.15) is 5.54 Å². The van der Waals surface area contributed by atoms with Crippen molar-refractivity contribution in [2.45, 2.75) is 57.4 Å². The Hall–Kier alpha value is -1.10. The number of piperazine rings is 1. The Kier molecular flexibility index (Phi) is 5.40. The van der Waals surface area contributed by atoms with E-state index in [2.05, 4.69) is 12.2 Å². The number of nitrogens with zero attached hydrogens (tertiary/aromatic N) is 1. The van der Waals surface area contributed by atoms with Gasteiger partial charge in [0.05, 0.1) is 13.2 Å². The molecule has 1 saturated carbocycles. The lowest BCUT2D eigenvalue weighted by Crippen LogP contribution is -2.67. The summed E-state index contributed by atoms with van der Waals surface area (Å²) in [4.78, 5) is 26.2. The molecule has 0 radical (unpaired) electrons. The van der Waals surface area contributed by atoms with E-state index in [1.807, 2.05) is 0 Å². The summed E-state index contributed by atoms with van der Waals surface area (Å²) in [7, 11) is 0. The fourth-order valence-electron chi connectivity index (χ4n) is 3.11. The number of unbranched alkanes of at least 4 members (excludes halogenated alkanes) is 1. The third kappa shape index (κ3) is 3.51. The second-order valence-electron chi connectivity index (χ2n) is 5.88. The van der Waals surface area contributed by atoms with Crippen LogP contribution < -0.4 is 5.32 Å². The van der Waals surface area contributed by atoms with E-state index in [4.69, 9.17) is 4.74 Å². The monoisotopic (exact) mass is 282 g/mol. The molecular formula is C15H26N2O3. The van der Waals surface area contributed by atoms with Crippen LogP contribution in [0.15, 0.2) is 0 Å². The highest BCUT2D eigenvalue weighted by molar-refractivity contribution is 5.98. The van der Waals surface area contributed by atoms with Crippen LogP contribution in [-0.4, -0.2) is 48.6 Å². The summed E-state index contributed by atoms with van der Waals surface area (Å²) in [5.41, 5.74) is -0.614. The quantitative estimate of drug-likeness (QED) is 0.750. The number of hydrogen-bond acceptors (Lipinski definition) is 3. The average molecular weight is 282 g/mol. The largest absolute Gasteiger partial charge is 0.380 e. The fourth-order valence-corrected chi connectivity index (χ4v) is 3.11. The first kappa shape index (κ1) is 15.3. The highest BCUT2D eigenvalue weighted by Crippen LogP contribution is 2.31. The van der Waals surface area contributed by atoms with Gasteiger partial charge in [-0.2, -0.15) is 0 Å². The summed E-state index contributed by atoms with van der Waals surface area (Å²) in [6, 6.07) is 0. The van der Waals surface area contributed by atoms with Crippen molar-refractivity contribution in [1.29, 1.82) is 0 Å². The molecule has 2 fully saturated rings. The maximum Gasteiger partial charge on any atom is 0.248 e. The van der Waals surface area contributed by atoms with Crippen molar-refractivity contribution in [3.8, 4) is 0 Å². The molecule has 1 heterocycles. The molecule has 2 aliphatic rings. The first-order valence-corrected chi connectivity index (χ1v) is 7.86. The van der Waals surface area contributed by atoms with Crippen molar-refractivity contribution < 1.29 is 14.3 Å². The zero-order valence-corrected chi connectivity index (χ0v) is 12.5. The van der Waals surface area contributed by atoms with E-state index in [0.29, 0.717) is 13.2 Å². The van der Waals surface area contributed by atoms with Gasteiger partial charge in [-0.3, -0.25) is 9.59 Å². The molecule has 20 heavy (non-hydrogen) atoms. The predicted octanol–water partition coefficient (Wildman–Crippen LogP) is 1.46. The Morgan fingerprint density at radius 2 is 1.95 bits per heavy atom. The third-order valence-electron chi connectivity index (χ3n) is 4.26. The molecule has 0 atom stereocenters. The number of nitrogens with one attached hydrogen (secondary N) is 1. The molecule has 2 amide bonds. The molecular weight excluding hydrogens is 256 g/mol. The molecule has 5 nitrogen and oxygen atoms in total. The molecule has 1 aliphatic heterocycles. The second-order valence-corrected chi connectivity index (χ2v) is 5.88. The molecule has 1 aliphatic carbocycles. The zero-order chi connectivity index (χ0) is 14.4. The van der Waals surface area contributed by atoms with Gasteiger partial charge >= 0.3 is 0 Å². The SMILES string of the molecule is CCCCOCCN1CC(=O)NC2(CCCCC2)C1=O. The highest BCUT2D eigenvalue weighted by atomic mass is 16.5. The van der Waals surface area contributed by atoms with Crippen molar-refractivity contribution in [2.24, 2.45) is 0 Å². The Morgan fingerprint density at radius 1 is 1.20 bits per heavy atom. The van der Waals surface area contributed by atoms with Gasteiger partial charge in [-0.1, -0.05) is 32.6 Å². The van der Waals surface area contributed by atoms with Crippen LogP contribution in [-0.2, 0) is 14.3 Å². The molecule has 0 unspecified atom stereocenters. The number of ether oxygens (including phenoxy) is 1. The molecule has 0 aromatic rings. The first-order chi connectivity index (χ1) is 9.68. The Labute approximate surface area is 121 Å². The summed E-state index contributed by atoms with van der Waals surface area (Å²) in [5, 5.41) is 2.95. The Morgan fingerprint density at radius 3 is 2.65 bits per heavy atom. The summed E-state index contributed by atoms with van der Waals surface area (Å²) in [6.45, 7) is 4.08. The van der Waals surface area contributed by atoms with Crippen LogP contribution in [0.25, 0.3) is 0 Å². The number of hydrogen-bond donors (Lipinski definition) is 1. The van der Waals surface area contributed by atoms with Gasteiger partial charge < -0.3 is 15.0 Å². The van der Waals surface area contributed by atoms with Gasteiger partial charge in [0.2, 0.25) is 11.8 Å². The van der Waals surface area contributed by atoms with Crippen molar-refractivity contribution in [1.82, 2.24) is 10.2 Å². The topological polar surface area (TPSA) is 58.6 Å².